The third-order valence-corrected chi connectivity index (χ3v) is 5.98. The van der Waals surface area contributed by atoms with E-state index in [1.165, 1.54) is 23.5 Å². The molecule has 2 aliphatic rings. The summed E-state index contributed by atoms with van der Waals surface area (Å²) in [6.07, 6.45) is 2.15. The quantitative estimate of drug-likeness (QED) is 0.683. The minimum Gasteiger partial charge on any atom is -0.390 e. The first kappa shape index (κ1) is 18.4. The maximum absolute atomic E-state index is 13.5. The molecule has 3 heterocycles. The smallest absolute Gasteiger partial charge is 0.163 e. The van der Waals surface area contributed by atoms with Gasteiger partial charge in [0.15, 0.2) is 10.8 Å². The Morgan fingerprint density at radius 1 is 1.44 bits per heavy atom. The topological polar surface area (TPSA) is 77.8 Å². The van der Waals surface area contributed by atoms with Crippen LogP contribution in [0, 0.1) is 5.82 Å². The highest BCUT2D eigenvalue weighted by Crippen LogP contribution is 2.35. The van der Waals surface area contributed by atoms with Crippen molar-refractivity contribution in [3.05, 3.63) is 61.9 Å². The fourth-order valence-corrected chi connectivity index (χ4v) is 4.34. The zero-order chi connectivity index (χ0) is 19.0. The molecule has 140 valence electrons. The number of nitrogens with zero attached hydrogens (tertiary/aromatic N) is 3. The molecule has 1 fully saturated rings. The molecule has 1 aromatic carbocycles. The van der Waals surface area contributed by atoms with Crippen LogP contribution in [0.15, 0.2) is 50.5 Å². The molecule has 0 amide bonds. The first-order valence-electron chi connectivity index (χ1n) is 8.33. The molecule has 0 unspecified atom stereocenters. The zero-order valence-corrected chi connectivity index (χ0v) is 16.5. The Morgan fingerprint density at radius 2 is 2.26 bits per heavy atom. The monoisotopic (exact) mass is 450 g/mol. The van der Waals surface area contributed by atoms with Gasteiger partial charge in [0, 0.05) is 47.0 Å². The van der Waals surface area contributed by atoms with E-state index in [-0.39, 0.29) is 11.9 Å². The molecule has 0 bridgehead atoms. The van der Waals surface area contributed by atoms with Crippen LogP contribution < -0.4 is 5.32 Å². The van der Waals surface area contributed by atoms with Crippen molar-refractivity contribution in [1.29, 1.82) is 0 Å². The van der Waals surface area contributed by atoms with E-state index in [0.29, 0.717) is 46.1 Å². The largest absolute Gasteiger partial charge is 0.390 e. The highest BCUT2D eigenvalue weighted by Gasteiger charge is 2.32. The Balaban J connectivity index is 1.76. The summed E-state index contributed by atoms with van der Waals surface area (Å²) in [6.45, 7) is 1.61. The van der Waals surface area contributed by atoms with Crippen molar-refractivity contribution in [2.45, 2.75) is 12.1 Å². The van der Waals surface area contributed by atoms with Crippen LogP contribution in [0.5, 0.6) is 0 Å². The molecule has 9 heteroatoms. The molecule has 1 saturated heterocycles. The minimum absolute atomic E-state index is 0.331. The second-order valence-corrected chi connectivity index (χ2v) is 8.16. The lowest BCUT2D eigenvalue weighted by Gasteiger charge is -2.38. The summed E-state index contributed by atoms with van der Waals surface area (Å²) in [6, 6.07) is 3.78. The van der Waals surface area contributed by atoms with Gasteiger partial charge in [0.05, 0.1) is 6.10 Å². The number of amidine groups is 1. The second kappa shape index (κ2) is 7.59. The van der Waals surface area contributed by atoms with Crippen molar-refractivity contribution >= 4 is 39.4 Å². The van der Waals surface area contributed by atoms with Gasteiger partial charge in [0.2, 0.25) is 0 Å². The van der Waals surface area contributed by atoms with E-state index in [4.69, 9.17) is 4.99 Å². The van der Waals surface area contributed by atoms with Gasteiger partial charge in [-0.1, -0.05) is 22.0 Å². The van der Waals surface area contributed by atoms with Crippen LogP contribution in [0.1, 0.15) is 16.6 Å². The van der Waals surface area contributed by atoms with Gasteiger partial charge in [-0.2, -0.15) is 0 Å². The predicted molar refractivity (Wildman–Crippen MR) is 104 cm³/mol. The Labute approximate surface area is 167 Å². The van der Waals surface area contributed by atoms with Crippen molar-refractivity contribution in [2.75, 3.05) is 19.6 Å². The molecule has 4 rings (SSSR count). The first-order valence-corrected chi connectivity index (χ1v) is 10.0. The molecule has 27 heavy (non-hydrogen) atoms. The Bertz CT molecular complexity index is 925. The number of aromatic nitrogens is 1. The number of aliphatic imine (C=N–C) groups is 1. The van der Waals surface area contributed by atoms with Crippen molar-refractivity contribution in [2.24, 2.45) is 4.99 Å². The lowest BCUT2D eigenvalue weighted by atomic mass is 9.96. The van der Waals surface area contributed by atoms with E-state index in [1.54, 1.807) is 12.3 Å². The van der Waals surface area contributed by atoms with Gasteiger partial charge in [-0.15, -0.1) is 11.3 Å². The molecular weight excluding hydrogens is 435 g/mol. The molecule has 1 aromatic heterocycles. The SMILES string of the molecule is O=CC1=C(CN2CC(O)C2)NC(c2nccs2)=N[C@H]1c1ccc(F)cc1Br. The fraction of sp³-hybridized carbons (Fsp3) is 0.278. The van der Waals surface area contributed by atoms with Gasteiger partial charge in [-0.25, -0.2) is 9.37 Å². The van der Waals surface area contributed by atoms with Crippen LogP contribution in [0.4, 0.5) is 4.39 Å². The molecule has 6 nitrogen and oxygen atoms in total. The second-order valence-electron chi connectivity index (χ2n) is 6.41. The standard InChI is InChI=1S/C18H16BrFN4O2S/c19-14-5-10(20)1-2-12(14)16-13(9-25)15(8-24-6-11(26)7-24)22-17(23-16)18-21-3-4-27-18/h1-5,9,11,16,26H,6-8H2,(H,22,23)/t16-/m0/s1. The number of β-amino-alcohol motifs (C(OH)–C–C–N with tert-alkyl or cyclic N) is 1. The lowest BCUT2D eigenvalue weighted by molar-refractivity contribution is -0.105. The number of carbonyl (C=O) groups excluding carboxylic acids is 1. The number of aliphatic hydroxyl groups excluding tert-OH is 1. The summed E-state index contributed by atoms with van der Waals surface area (Å²) in [5, 5.41) is 15.3. The minimum atomic E-state index is -0.571. The average Bonchev–Trinajstić information content (AvgIpc) is 3.14. The molecule has 0 spiro atoms. The summed E-state index contributed by atoms with van der Waals surface area (Å²) < 4.78 is 14.1. The highest BCUT2D eigenvalue weighted by atomic mass is 79.9. The van der Waals surface area contributed by atoms with E-state index < -0.39 is 6.04 Å². The van der Waals surface area contributed by atoms with Gasteiger partial charge >= 0.3 is 0 Å². The van der Waals surface area contributed by atoms with Gasteiger partial charge in [-0.3, -0.25) is 14.7 Å². The number of aliphatic hydroxyl groups is 1. The molecule has 0 saturated carbocycles. The first-order chi connectivity index (χ1) is 13.0. The lowest BCUT2D eigenvalue weighted by Crippen LogP contribution is -2.52. The zero-order valence-electron chi connectivity index (χ0n) is 14.1. The summed E-state index contributed by atoms with van der Waals surface area (Å²) in [4.78, 5) is 23.0. The number of hydrogen-bond acceptors (Lipinski definition) is 7. The molecule has 2 aliphatic heterocycles. The van der Waals surface area contributed by atoms with Crippen LogP contribution in [0.3, 0.4) is 0 Å². The van der Waals surface area contributed by atoms with Gasteiger partial charge in [0.1, 0.15) is 18.1 Å². The highest BCUT2D eigenvalue weighted by molar-refractivity contribution is 9.10. The normalized spacial score (nSPS) is 20.9. The predicted octanol–water partition coefficient (Wildman–Crippen LogP) is 2.27. The van der Waals surface area contributed by atoms with Crippen LogP contribution in [0.2, 0.25) is 0 Å². The van der Waals surface area contributed by atoms with Crippen molar-refractivity contribution in [3.63, 3.8) is 0 Å². The Kier molecular flexibility index (Phi) is 5.18. The van der Waals surface area contributed by atoms with Crippen molar-refractivity contribution in [1.82, 2.24) is 15.2 Å². The average molecular weight is 451 g/mol. The number of hydrogen-bond donors (Lipinski definition) is 2. The van der Waals surface area contributed by atoms with Crippen LogP contribution in [-0.4, -0.2) is 52.9 Å². The molecule has 1 atom stereocenters. The number of halogens is 2. The number of nitrogens with one attached hydrogen (secondary N) is 1. The van der Waals surface area contributed by atoms with Crippen LogP contribution >= 0.6 is 27.3 Å². The number of likely N-dealkylation sites (tertiary alicyclic amines) is 1. The Hall–Kier alpha value is -1.94. The van der Waals surface area contributed by atoms with E-state index in [0.717, 1.165) is 12.0 Å². The number of rotatable bonds is 5. The maximum Gasteiger partial charge on any atom is 0.163 e. The molecule has 2 aromatic rings. The van der Waals surface area contributed by atoms with Crippen molar-refractivity contribution in [3.8, 4) is 0 Å². The summed E-state index contributed by atoms with van der Waals surface area (Å²) in [5.74, 6) is 0.211. The summed E-state index contributed by atoms with van der Waals surface area (Å²) in [7, 11) is 0. The summed E-state index contributed by atoms with van der Waals surface area (Å²) >= 11 is 4.83. The molecule has 0 radical (unpaired) electrons. The fourth-order valence-electron chi connectivity index (χ4n) is 3.18. The van der Waals surface area contributed by atoms with Gasteiger partial charge in [0.25, 0.3) is 0 Å². The van der Waals surface area contributed by atoms with E-state index in [2.05, 4.69) is 26.2 Å². The molecular formula is C18H16BrFN4O2S. The summed E-state index contributed by atoms with van der Waals surface area (Å²) in [5.41, 5.74) is 1.91. The van der Waals surface area contributed by atoms with Crippen LogP contribution in [-0.2, 0) is 4.79 Å². The van der Waals surface area contributed by atoms with Gasteiger partial charge in [-0.05, 0) is 17.7 Å². The number of thiazole rings is 1. The van der Waals surface area contributed by atoms with E-state index in [9.17, 15) is 14.3 Å². The Morgan fingerprint density at radius 3 is 2.89 bits per heavy atom. The molecule has 0 aliphatic carbocycles. The van der Waals surface area contributed by atoms with Crippen molar-refractivity contribution < 1.29 is 14.3 Å². The third-order valence-electron chi connectivity index (χ3n) is 4.51. The number of aldehydes is 1. The van der Waals surface area contributed by atoms with E-state index >= 15 is 0 Å². The maximum atomic E-state index is 13.5. The number of carbonyl (C=O) groups is 1. The number of benzene rings is 1. The van der Waals surface area contributed by atoms with Crippen LogP contribution in [0.25, 0.3) is 0 Å². The van der Waals surface area contributed by atoms with Gasteiger partial charge < -0.3 is 10.4 Å². The van der Waals surface area contributed by atoms with E-state index in [1.807, 2.05) is 10.3 Å². The molecule has 2 N–H and O–H groups in total. The third kappa shape index (κ3) is 3.73.